The molecule has 0 radical (unpaired) electrons. The Labute approximate surface area is 203 Å². The van der Waals surface area contributed by atoms with Crippen molar-refractivity contribution >= 4 is 23.4 Å². The van der Waals surface area contributed by atoms with E-state index in [1.54, 1.807) is 25.1 Å². The highest BCUT2D eigenvalue weighted by Crippen LogP contribution is 2.37. The quantitative estimate of drug-likeness (QED) is 0.347. The van der Waals surface area contributed by atoms with Crippen LogP contribution in [0.2, 0.25) is 0 Å². The number of hydrogen-bond donors (Lipinski definition) is 1. The molecular formula is C25H28N4O6. The highest BCUT2D eigenvalue weighted by molar-refractivity contribution is 5.99. The summed E-state index contributed by atoms with van der Waals surface area (Å²) in [5, 5.41) is 16.3. The number of anilines is 1. The molecule has 1 aromatic heterocycles. The minimum absolute atomic E-state index is 0.175. The summed E-state index contributed by atoms with van der Waals surface area (Å²) in [6, 6.07) is 7.78. The largest absolute Gasteiger partial charge is 0.454 e. The summed E-state index contributed by atoms with van der Waals surface area (Å²) in [7, 11) is 0. The first-order valence-corrected chi connectivity index (χ1v) is 11.5. The number of nitrogens with zero attached hydrogens (tertiary/aromatic N) is 3. The molecule has 184 valence electrons. The van der Waals surface area contributed by atoms with Gasteiger partial charge in [-0.15, -0.1) is 0 Å². The van der Waals surface area contributed by atoms with Gasteiger partial charge in [0.05, 0.1) is 11.3 Å². The molecule has 1 aromatic carbocycles. The van der Waals surface area contributed by atoms with Gasteiger partial charge in [-0.2, -0.15) is 5.26 Å². The molecular weight excluding hydrogens is 452 g/mol. The van der Waals surface area contributed by atoms with E-state index in [-0.39, 0.29) is 12.8 Å². The van der Waals surface area contributed by atoms with Crippen molar-refractivity contribution in [3.63, 3.8) is 0 Å². The summed E-state index contributed by atoms with van der Waals surface area (Å²) in [4.78, 5) is 29.7. The van der Waals surface area contributed by atoms with Gasteiger partial charge in [-0.05, 0) is 57.4 Å². The van der Waals surface area contributed by atoms with Crippen molar-refractivity contribution in [3.8, 4) is 17.6 Å². The molecule has 1 aliphatic heterocycles. The van der Waals surface area contributed by atoms with Crippen molar-refractivity contribution in [1.29, 1.82) is 5.26 Å². The lowest BCUT2D eigenvalue weighted by Crippen LogP contribution is -2.25. The molecule has 10 nitrogen and oxygen atoms in total. The SMILES string of the molecule is C/C(=N\OCC(=O)OCC(=O)Nc1c(C#N)c(C)c(C)n1C1CCCC1)c1ccc2c(c1)OCO2. The van der Waals surface area contributed by atoms with Crippen LogP contribution in [0.5, 0.6) is 11.5 Å². The number of nitriles is 1. The van der Waals surface area contributed by atoms with Crippen molar-refractivity contribution in [2.75, 3.05) is 25.3 Å². The maximum Gasteiger partial charge on any atom is 0.347 e. The topological polar surface area (TPSA) is 124 Å². The van der Waals surface area contributed by atoms with Crippen molar-refractivity contribution in [2.45, 2.75) is 52.5 Å². The molecule has 0 saturated heterocycles. The number of carbonyl (C=O) groups excluding carboxylic acids is 2. The van der Waals surface area contributed by atoms with Crippen LogP contribution in [-0.2, 0) is 19.2 Å². The van der Waals surface area contributed by atoms with E-state index in [2.05, 4.69) is 16.5 Å². The summed E-state index contributed by atoms with van der Waals surface area (Å²) in [5.74, 6) is 0.488. The molecule has 0 spiro atoms. The van der Waals surface area contributed by atoms with Gasteiger partial charge in [-0.3, -0.25) is 4.79 Å². The van der Waals surface area contributed by atoms with Crippen LogP contribution < -0.4 is 14.8 Å². The number of esters is 1. The van der Waals surface area contributed by atoms with Crippen LogP contribution in [0.4, 0.5) is 5.82 Å². The second kappa shape index (κ2) is 10.5. The third-order valence-corrected chi connectivity index (χ3v) is 6.35. The zero-order valence-electron chi connectivity index (χ0n) is 20.1. The molecule has 1 N–H and O–H groups in total. The first kappa shape index (κ1) is 24.1. The van der Waals surface area contributed by atoms with E-state index in [9.17, 15) is 14.9 Å². The van der Waals surface area contributed by atoms with E-state index in [0.717, 1.165) is 42.5 Å². The Hall–Kier alpha value is -4.00. The molecule has 1 saturated carbocycles. The molecule has 0 unspecified atom stereocenters. The first-order valence-electron chi connectivity index (χ1n) is 11.5. The molecule has 2 aliphatic rings. The number of nitrogens with one attached hydrogen (secondary N) is 1. The van der Waals surface area contributed by atoms with E-state index in [1.807, 2.05) is 18.4 Å². The summed E-state index contributed by atoms with van der Waals surface area (Å²) < 4.78 is 17.7. The van der Waals surface area contributed by atoms with E-state index in [1.165, 1.54) is 0 Å². The van der Waals surface area contributed by atoms with E-state index in [0.29, 0.717) is 28.6 Å². The molecule has 2 aromatic rings. The highest BCUT2D eigenvalue weighted by atomic mass is 16.7. The summed E-state index contributed by atoms with van der Waals surface area (Å²) in [6.07, 6.45) is 4.23. The van der Waals surface area contributed by atoms with Crippen LogP contribution in [-0.4, -0.2) is 42.2 Å². The van der Waals surface area contributed by atoms with Crippen LogP contribution >= 0.6 is 0 Å². The molecule has 0 bridgehead atoms. The number of amides is 1. The Morgan fingerprint density at radius 1 is 1.20 bits per heavy atom. The zero-order chi connectivity index (χ0) is 24.9. The predicted octanol–water partition coefficient (Wildman–Crippen LogP) is 3.74. The molecule has 1 amide bonds. The minimum atomic E-state index is -0.735. The van der Waals surface area contributed by atoms with Crippen molar-refractivity contribution in [3.05, 3.63) is 40.6 Å². The standard InChI is InChI=1S/C25H28N4O6/c1-15-17(3)29(19-6-4-5-7-19)25(20(15)11-26)27-23(30)12-32-24(31)13-35-28-16(2)18-8-9-21-22(10-18)34-14-33-21/h8-10,19H,4-7,12-14H2,1-3H3,(H,27,30)/b28-16+. The second-order valence-corrected chi connectivity index (χ2v) is 8.58. The van der Waals surface area contributed by atoms with Crippen LogP contribution in [0.15, 0.2) is 23.4 Å². The van der Waals surface area contributed by atoms with Gasteiger partial charge in [0.15, 0.2) is 18.1 Å². The highest BCUT2D eigenvalue weighted by Gasteiger charge is 2.27. The fourth-order valence-electron chi connectivity index (χ4n) is 4.42. The lowest BCUT2D eigenvalue weighted by molar-refractivity contribution is -0.151. The molecule has 1 aliphatic carbocycles. The Morgan fingerprint density at radius 2 is 1.94 bits per heavy atom. The molecule has 1 fully saturated rings. The molecule has 10 heteroatoms. The van der Waals surface area contributed by atoms with Gasteiger partial charge in [-0.25, -0.2) is 4.79 Å². The maximum absolute atomic E-state index is 12.5. The predicted molar refractivity (Wildman–Crippen MR) is 126 cm³/mol. The average molecular weight is 481 g/mol. The van der Waals surface area contributed by atoms with E-state index < -0.39 is 25.1 Å². The van der Waals surface area contributed by atoms with Crippen LogP contribution in [0.1, 0.15) is 61.0 Å². The van der Waals surface area contributed by atoms with Gasteiger partial charge in [0.25, 0.3) is 5.91 Å². The average Bonchev–Trinajstić information content (AvgIpc) is 3.58. The van der Waals surface area contributed by atoms with Gasteiger partial charge in [0, 0.05) is 17.3 Å². The van der Waals surface area contributed by atoms with E-state index >= 15 is 0 Å². The number of ether oxygens (including phenoxy) is 3. The third-order valence-electron chi connectivity index (χ3n) is 6.35. The normalized spacial score (nSPS) is 15.1. The van der Waals surface area contributed by atoms with Crippen molar-refractivity contribution < 1.29 is 28.6 Å². The third kappa shape index (κ3) is 5.24. The Bertz CT molecular complexity index is 1200. The fourth-order valence-corrected chi connectivity index (χ4v) is 4.42. The number of hydrogen-bond acceptors (Lipinski definition) is 8. The smallest absolute Gasteiger partial charge is 0.347 e. The van der Waals surface area contributed by atoms with Crippen molar-refractivity contribution in [1.82, 2.24) is 4.57 Å². The Kier molecular flexibility index (Phi) is 7.25. The minimum Gasteiger partial charge on any atom is -0.454 e. The van der Waals surface area contributed by atoms with Crippen LogP contribution in [0.3, 0.4) is 0 Å². The van der Waals surface area contributed by atoms with Crippen molar-refractivity contribution in [2.24, 2.45) is 5.16 Å². The molecule has 0 atom stereocenters. The summed E-state index contributed by atoms with van der Waals surface area (Å²) in [5.41, 5.74) is 3.54. The number of oxime groups is 1. The van der Waals surface area contributed by atoms with Gasteiger partial charge < -0.3 is 28.9 Å². The van der Waals surface area contributed by atoms with Gasteiger partial charge in [-0.1, -0.05) is 18.0 Å². The van der Waals surface area contributed by atoms with Crippen LogP contribution in [0, 0.1) is 25.2 Å². The molecule has 4 rings (SSSR count). The Morgan fingerprint density at radius 3 is 2.69 bits per heavy atom. The summed E-state index contributed by atoms with van der Waals surface area (Å²) in [6.45, 7) is 4.79. The lowest BCUT2D eigenvalue weighted by Gasteiger charge is -2.19. The second-order valence-electron chi connectivity index (χ2n) is 8.58. The lowest BCUT2D eigenvalue weighted by atomic mass is 10.1. The number of benzene rings is 1. The first-order chi connectivity index (χ1) is 16.9. The Balaban J connectivity index is 1.30. The van der Waals surface area contributed by atoms with Crippen LogP contribution in [0.25, 0.3) is 0 Å². The number of rotatable bonds is 8. The maximum atomic E-state index is 12.5. The zero-order valence-corrected chi connectivity index (χ0v) is 20.1. The van der Waals surface area contributed by atoms with Gasteiger partial charge >= 0.3 is 5.97 Å². The number of aromatic nitrogens is 1. The number of fused-ring (bicyclic) bond motifs is 1. The monoisotopic (exact) mass is 480 g/mol. The molecule has 2 heterocycles. The van der Waals surface area contributed by atoms with Gasteiger partial charge in [0.2, 0.25) is 13.4 Å². The number of carbonyl (C=O) groups is 2. The fraction of sp³-hybridized carbons (Fsp3) is 0.440. The van der Waals surface area contributed by atoms with Gasteiger partial charge in [0.1, 0.15) is 11.9 Å². The van der Waals surface area contributed by atoms with E-state index in [4.69, 9.17) is 19.0 Å². The summed E-state index contributed by atoms with van der Waals surface area (Å²) >= 11 is 0. The molecule has 35 heavy (non-hydrogen) atoms.